The Kier molecular flexibility index (Phi) is 4.66. The van der Waals surface area contributed by atoms with Gasteiger partial charge in [0.1, 0.15) is 11.6 Å². The van der Waals surface area contributed by atoms with Crippen LogP contribution in [0.1, 0.15) is 19.2 Å². The highest BCUT2D eigenvalue weighted by Crippen LogP contribution is 2.22. The normalized spacial score (nSPS) is 10.4. The number of nitrogens with two attached hydrogens (primary N) is 1. The van der Waals surface area contributed by atoms with E-state index in [-0.39, 0.29) is 0 Å². The van der Waals surface area contributed by atoms with Gasteiger partial charge in [-0.2, -0.15) is 0 Å². The molecule has 1 aromatic heterocycles. The van der Waals surface area contributed by atoms with Crippen molar-refractivity contribution in [3.8, 4) is 5.75 Å². The lowest BCUT2D eigenvalue weighted by Crippen LogP contribution is -2.04. The molecule has 0 fully saturated rings. The van der Waals surface area contributed by atoms with Gasteiger partial charge in [-0.1, -0.05) is 0 Å². The maximum Gasteiger partial charge on any atom is 0.123 e. The van der Waals surface area contributed by atoms with Crippen molar-refractivity contribution in [2.45, 2.75) is 19.8 Å². The minimum Gasteiger partial charge on any atom is -0.494 e. The van der Waals surface area contributed by atoms with E-state index in [1.165, 1.54) is 0 Å². The monoisotopic (exact) mass is 260 g/mol. The number of benzene rings is 1. The van der Waals surface area contributed by atoms with Gasteiger partial charge in [0.15, 0.2) is 0 Å². The quantitative estimate of drug-likeness (QED) is 0.528. The van der Waals surface area contributed by atoms with Gasteiger partial charge >= 0.3 is 0 Å². The summed E-state index contributed by atoms with van der Waals surface area (Å²) < 4.78 is 5.46. The topological polar surface area (TPSA) is 76.0 Å². The number of rotatable bonds is 7. The van der Waals surface area contributed by atoms with E-state index < -0.39 is 0 Å². The van der Waals surface area contributed by atoms with E-state index >= 15 is 0 Å². The Labute approximate surface area is 113 Å². The Hall–Kier alpha value is -2.17. The molecule has 1 heterocycles. The molecule has 0 aliphatic carbocycles. The summed E-state index contributed by atoms with van der Waals surface area (Å²) in [5.74, 6) is 1.82. The second-order valence-electron chi connectivity index (χ2n) is 4.29. The standard InChI is InChI=1S/C14H20N4O/c1-2-19-13-9-11(15)8-12(10-13)16-5-3-4-14-17-6-7-18-14/h6-10,16H,2-5,15H2,1H3,(H,17,18). The number of imidazole rings is 1. The molecule has 102 valence electrons. The fourth-order valence-electron chi connectivity index (χ4n) is 1.90. The minimum atomic E-state index is 0.640. The van der Waals surface area contributed by atoms with Crippen LogP contribution in [0.3, 0.4) is 0 Å². The van der Waals surface area contributed by atoms with Crippen LogP contribution < -0.4 is 15.8 Å². The fraction of sp³-hybridized carbons (Fsp3) is 0.357. The molecular weight excluding hydrogens is 240 g/mol. The number of H-pyrrole nitrogens is 1. The first kappa shape index (κ1) is 13.3. The fourth-order valence-corrected chi connectivity index (χ4v) is 1.90. The van der Waals surface area contributed by atoms with Gasteiger partial charge in [0.05, 0.1) is 6.61 Å². The van der Waals surface area contributed by atoms with Crippen molar-refractivity contribution in [3.05, 3.63) is 36.4 Å². The Morgan fingerprint density at radius 3 is 3.00 bits per heavy atom. The van der Waals surface area contributed by atoms with Crippen LogP contribution in [0.25, 0.3) is 0 Å². The largest absolute Gasteiger partial charge is 0.494 e. The number of ether oxygens (including phenoxy) is 1. The van der Waals surface area contributed by atoms with E-state index in [9.17, 15) is 0 Å². The predicted octanol–water partition coefficient (Wildman–Crippen LogP) is 2.44. The summed E-state index contributed by atoms with van der Waals surface area (Å²) in [5.41, 5.74) is 7.53. The molecule has 5 nitrogen and oxygen atoms in total. The van der Waals surface area contributed by atoms with Crippen molar-refractivity contribution in [2.75, 3.05) is 24.2 Å². The number of nitrogen functional groups attached to an aromatic ring is 1. The summed E-state index contributed by atoms with van der Waals surface area (Å²) in [6.45, 7) is 3.47. The molecule has 0 saturated heterocycles. The van der Waals surface area contributed by atoms with E-state index in [1.807, 2.05) is 31.3 Å². The lowest BCUT2D eigenvalue weighted by atomic mass is 10.2. The molecule has 0 amide bonds. The first-order valence-corrected chi connectivity index (χ1v) is 6.53. The van der Waals surface area contributed by atoms with Crippen molar-refractivity contribution >= 4 is 11.4 Å². The molecule has 4 N–H and O–H groups in total. The number of anilines is 2. The summed E-state index contributed by atoms with van der Waals surface area (Å²) in [4.78, 5) is 7.28. The first-order valence-electron chi connectivity index (χ1n) is 6.53. The molecule has 2 aromatic rings. The van der Waals surface area contributed by atoms with Crippen LogP contribution >= 0.6 is 0 Å². The third kappa shape index (κ3) is 4.21. The molecule has 19 heavy (non-hydrogen) atoms. The van der Waals surface area contributed by atoms with Crippen molar-refractivity contribution in [1.82, 2.24) is 9.97 Å². The van der Waals surface area contributed by atoms with Crippen LogP contribution in [0, 0.1) is 0 Å². The van der Waals surface area contributed by atoms with E-state index in [1.54, 1.807) is 6.20 Å². The summed E-state index contributed by atoms with van der Waals surface area (Å²) in [7, 11) is 0. The van der Waals surface area contributed by atoms with Gasteiger partial charge in [0, 0.05) is 48.9 Å². The zero-order valence-corrected chi connectivity index (χ0v) is 11.1. The number of nitrogens with one attached hydrogen (secondary N) is 2. The van der Waals surface area contributed by atoms with Gasteiger partial charge in [-0.15, -0.1) is 0 Å². The van der Waals surface area contributed by atoms with E-state index in [0.717, 1.165) is 36.6 Å². The summed E-state index contributed by atoms with van der Waals surface area (Å²) in [6, 6.07) is 5.71. The van der Waals surface area contributed by atoms with Crippen LogP contribution in [0.5, 0.6) is 5.75 Å². The van der Waals surface area contributed by atoms with E-state index in [2.05, 4.69) is 15.3 Å². The molecule has 1 aromatic carbocycles. The smallest absolute Gasteiger partial charge is 0.123 e. The predicted molar refractivity (Wildman–Crippen MR) is 77.4 cm³/mol. The molecule has 0 spiro atoms. The highest BCUT2D eigenvalue weighted by molar-refractivity contribution is 5.59. The van der Waals surface area contributed by atoms with Crippen molar-refractivity contribution in [2.24, 2.45) is 0 Å². The maximum absolute atomic E-state index is 5.84. The number of hydrogen-bond donors (Lipinski definition) is 3. The van der Waals surface area contributed by atoms with Crippen LogP contribution in [-0.2, 0) is 6.42 Å². The Balaban J connectivity index is 1.81. The number of nitrogens with zero attached hydrogens (tertiary/aromatic N) is 1. The SMILES string of the molecule is CCOc1cc(N)cc(NCCCc2ncc[nH]2)c1. The average molecular weight is 260 g/mol. The minimum absolute atomic E-state index is 0.640. The maximum atomic E-state index is 5.84. The van der Waals surface area contributed by atoms with Gasteiger partial charge < -0.3 is 20.8 Å². The molecular formula is C14H20N4O. The Morgan fingerprint density at radius 1 is 1.37 bits per heavy atom. The Morgan fingerprint density at radius 2 is 2.26 bits per heavy atom. The Bertz CT molecular complexity index is 496. The van der Waals surface area contributed by atoms with Crippen LogP contribution in [0.2, 0.25) is 0 Å². The molecule has 0 aliphatic rings. The summed E-state index contributed by atoms with van der Waals surface area (Å²) in [6.07, 6.45) is 5.55. The van der Waals surface area contributed by atoms with Crippen LogP contribution in [-0.4, -0.2) is 23.1 Å². The highest BCUT2D eigenvalue weighted by Gasteiger charge is 2.00. The third-order valence-corrected chi connectivity index (χ3v) is 2.71. The summed E-state index contributed by atoms with van der Waals surface area (Å²) in [5, 5.41) is 3.35. The van der Waals surface area contributed by atoms with Gasteiger partial charge in [-0.3, -0.25) is 0 Å². The molecule has 5 heteroatoms. The number of aromatic amines is 1. The van der Waals surface area contributed by atoms with Crippen molar-refractivity contribution in [3.63, 3.8) is 0 Å². The van der Waals surface area contributed by atoms with Gasteiger partial charge in [0.25, 0.3) is 0 Å². The molecule has 0 saturated carbocycles. The first-order chi connectivity index (χ1) is 9.28. The van der Waals surface area contributed by atoms with Gasteiger partial charge in [-0.25, -0.2) is 4.98 Å². The second kappa shape index (κ2) is 6.68. The lowest BCUT2D eigenvalue weighted by Gasteiger charge is -2.10. The van der Waals surface area contributed by atoms with Crippen molar-refractivity contribution in [1.29, 1.82) is 0 Å². The molecule has 0 bridgehead atoms. The van der Waals surface area contributed by atoms with Crippen molar-refractivity contribution < 1.29 is 4.74 Å². The molecule has 0 atom stereocenters. The zero-order chi connectivity index (χ0) is 13.5. The summed E-state index contributed by atoms with van der Waals surface area (Å²) >= 11 is 0. The van der Waals surface area contributed by atoms with Gasteiger partial charge in [0.2, 0.25) is 0 Å². The lowest BCUT2D eigenvalue weighted by molar-refractivity contribution is 0.340. The van der Waals surface area contributed by atoms with E-state index in [4.69, 9.17) is 10.5 Å². The second-order valence-corrected chi connectivity index (χ2v) is 4.29. The number of aryl methyl sites for hydroxylation is 1. The number of aromatic nitrogens is 2. The molecule has 2 rings (SSSR count). The average Bonchev–Trinajstić information content (AvgIpc) is 2.87. The van der Waals surface area contributed by atoms with E-state index in [0.29, 0.717) is 12.3 Å². The van der Waals surface area contributed by atoms with Crippen LogP contribution in [0.15, 0.2) is 30.6 Å². The molecule has 0 aliphatic heterocycles. The molecule has 0 radical (unpaired) electrons. The zero-order valence-electron chi connectivity index (χ0n) is 11.1. The molecule has 0 unspecified atom stereocenters. The third-order valence-electron chi connectivity index (χ3n) is 2.71. The van der Waals surface area contributed by atoms with Gasteiger partial charge in [-0.05, 0) is 19.4 Å². The number of hydrogen-bond acceptors (Lipinski definition) is 4. The highest BCUT2D eigenvalue weighted by atomic mass is 16.5. The van der Waals surface area contributed by atoms with Crippen LogP contribution in [0.4, 0.5) is 11.4 Å².